The van der Waals surface area contributed by atoms with Gasteiger partial charge in [0.1, 0.15) is 0 Å². The molecule has 1 amide bonds. The molecule has 4 heteroatoms. The topological polar surface area (TPSA) is 45.5 Å². The third-order valence-electron chi connectivity index (χ3n) is 4.22. The number of nitrogens with zero attached hydrogens (tertiary/aromatic N) is 1. The summed E-state index contributed by atoms with van der Waals surface area (Å²) in [5.74, 6) is 1.25. The van der Waals surface area contributed by atoms with E-state index >= 15 is 0 Å². The number of anilines is 1. The van der Waals surface area contributed by atoms with Gasteiger partial charge in [-0.1, -0.05) is 13.8 Å². The van der Waals surface area contributed by atoms with Crippen LogP contribution >= 0.6 is 0 Å². The van der Waals surface area contributed by atoms with Crippen LogP contribution in [-0.4, -0.2) is 25.0 Å². The van der Waals surface area contributed by atoms with Gasteiger partial charge in [-0.05, 0) is 19.0 Å². The second kappa shape index (κ2) is 3.60. The molecule has 2 atom stereocenters. The summed E-state index contributed by atoms with van der Waals surface area (Å²) in [5.41, 5.74) is -0.301. The second-order valence-electron chi connectivity index (χ2n) is 5.51. The highest BCUT2D eigenvalue weighted by Crippen LogP contribution is 2.45. The van der Waals surface area contributed by atoms with E-state index in [1.807, 2.05) is 30.9 Å². The van der Waals surface area contributed by atoms with Crippen LogP contribution in [0.25, 0.3) is 0 Å². The summed E-state index contributed by atoms with van der Waals surface area (Å²) in [4.78, 5) is 14.4. The molecule has 0 spiro atoms. The number of furan rings is 1. The second-order valence-corrected chi connectivity index (χ2v) is 5.51. The SMILES string of the molecule is CC1(C)C(=O)N(c2ccco2)C2CCNCC21. The van der Waals surface area contributed by atoms with Gasteiger partial charge in [-0.3, -0.25) is 9.69 Å². The van der Waals surface area contributed by atoms with Crippen LogP contribution in [0.5, 0.6) is 0 Å². The van der Waals surface area contributed by atoms with Crippen molar-refractivity contribution in [2.24, 2.45) is 11.3 Å². The quantitative estimate of drug-likeness (QED) is 0.803. The smallest absolute Gasteiger partial charge is 0.235 e. The van der Waals surface area contributed by atoms with Crippen LogP contribution < -0.4 is 10.2 Å². The fraction of sp³-hybridized carbons (Fsp3) is 0.615. The number of amides is 1. The van der Waals surface area contributed by atoms with Crippen molar-refractivity contribution in [2.45, 2.75) is 26.3 Å². The van der Waals surface area contributed by atoms with Gasteiger partial charge in [-0.15, -0.1) is 0 Å². The van der Waals surface area contributed by atoms with Gasteiger partial charge in [0.15, 0.2) is 0 Å². The van der Waals surface area contributed by atoms with Gasteiger partial charge in [0, 0.05) is 24.6 Å². The fourth-order valence-corrected chi connectivity index (χ4v) is 3.18. The molecule has 0 aliphatic carbocycles. The van der Waals surface area contributed by atoms with Crippen LogP contribution in [0.15, 0.2) is 22.8 Å². The van der Waals surface area contributed by atoms with Gasteiger partial charge in [-0.2, -0.15) is 0 Å². The molecule has 3 heterocycles. The van der Waals surface area contributed by atoms with Crippen LogP contribution in [-0.2, 0) is 4.79 Å². The lowest BCUT2D eigenvalue weighted by atomic mass is 9.76. The number of hydrogen-bond acceptors (Lipinski definition) is 3. The molecule has 2 fully saturated rings. The maximum absolute atomic E-state index is 12.5. The molecule has 1 aromatic heterocycles. The zero-order valence-electron chi connectivity index (χ0n) is 10.3. The van der Waals surface area contributed by atoms with E-state index in [0.29, 0.717) is 11.8 Å². The van der Waals surface area contributed by atoms with Crippen molar-refractivity contribution in [1.82, 2.24) is 5.32 Å². The molecular weight excluding hydrogens is 216 g/mol. The van der Waals surface area contributed by atoms with Crippen molar-refractivity contribution < 1.29 is 9.21 Å². The molecule has 1 aromatic rings. The van der Waals surface area contributed by atoms with Gasteiger partial charge in [-0.25, -0.2) is 0 Å². The van der Waals surface area contributed by atoms with Crippen LogP contribution in [0, 0.1) is 11.3 Å². The number of nitrogens with one attached hydrogen (secondary N) is 1. The van der Waals surface area contributed by atoms with Crippen LogP contribution in [0.3, 0.4) is 0 Å². The fourth-order valence-electron chi connectivity index (χ4n) is 3.18. The molecule has 0 bridgehead atoms. The Hall–Kier alpha value is -1.29. The highest BCUT2D eigenvalue weighted by atomic mass is 16.3. The number of piperidine rings is 1. The first-order valence-corrected chi connectivity index (χ1v) is 6.20. The summed E-state index contributed by atoms with van der Waals surface area (Å²) in [6.07, 6.45) is 2.63. The molecule has 92 valence electrons. The first kappa shape index (κ1) is 10.8. The molecule has 3 rings (SSSR count). The summed E-state index contributed by atoms with van der Waals surface area (Å²) in [7, 11) is 0. The summed E-state index contributed by atoms with van der Waals surface area (Å²) >= 11 is 0. The van der Waals surface area contributed by atoms with Gasteiger partial charge < -0.3 is 9.73 Å². The number of carbonyl (C=O) groups is 1. The predicted octanol–water partition coefficient (Wildman–Crippen LogP) is 1.63. The standard InChI is InChI=1S/C13H18N2O2/c1-13(2)9-8-14-6-5-10(9)15(12(13)16)11-4-3-7-17-11/h3-4,7,9-10,14H,5-6,8H2,1-2H3. The van der Waals surface area contributed by atoms with Crippen molar-refractivity contribution in [3.63, 3.8) is 0 Å². The zero-order chi connectivity index (χ0) is 12.0. The minimum absolute atomic E-state index is 0.186. The summed E-state index contributed by atoms with van der Waals surface area (Å²) in [5, 5.41) is 3.39. The van der Waals surface area contributed by atoms with Crippen LogP contribution in [0.2, 0.25) is 0 Å². The van der Waals surface area contributed by atoms with E-state index < -0.39 is 0 Å². The van der Waals surface area contributed by atoms with E-state index in [1.54, 1.807) is 6.26 Å². The molecule has 17 heavy (non-hydrogen) atoms. The Kier molecular flexibility index (Phi) is 2.30. The summed E-state index contributed by atoms with van der Waals surface area (Å²) < 4.78 is 5.41. The van der Waals surface area contributed by atoms with Gasteiger partial charge in [0.05, 0.1) is 11.7 Å². The van der Waals surface area contributed by atoms with Gasteiger partial charge >= 0.3 is 0 Å². The van der Waals surface area contributed by atoms with E-state index in [4.69, 9.17) is 4.42 Å². The number of rotatable bonds is 1. The molecule has 4 nitrogen and oxygen atoms in total. The maximum Gasteiger partial charge on any atom is 0.235 e. The van der Waals surface area contributed by atoms with Crippen molar-refractivity contribution >= 4 is 11.8 Å². The summed E-state index contributed by atoms with van der Waals surface area (Å²) in [6.45, 7) is 5.98. The van der Waals surface area contributed by atoms with E-state index in [-0.39, 0.29) is 17.4 Å². The predicted molar refractivity (Wildman–Crippen MR) is 64.7 cm³/mol. The van der Waals surface area contributed by atoms with Gasteiger partial charge in [0.2, 0.25) is 11.8 Å². The van der Waals surface area contributed by atoms with E-state index in [9.17, 15) is 4.79 Å². The molecule has 2 aliphatic heterocycles. The van der Waals surface area contributed by atoms with Crippen LogP contribution in [0.1, 0.15) is 20.3 Å². The Labute approximate surface area is 101 Å². The highest BCUT2D eigenvalue weighted by molar-refractivity contribution is 5.99. The normalized spacial score (nSPS) is 31.6. The minimum Gasteiger partial charge on any atom is -0.448 e. The average molecular weight is 234 g/mol. The Morgan fingerprint density at radius 2 is 2.35 bits per heavy atom. The third kappa shape index (κ3) is 1.43. The minimum atomic E-state index is -0.301. The molecule has 0 radical (unpaired) electrons. The highest BCUT2D eigenvalue weighted by Gasteiger charge is 2.55. The third-order valence-corrected chi connectivity index (χ3v) is 4.22. The van der Waals surface area contributed by atoms with Crippen molar-refractivity contribution in [2.75, 3.05) is 18.0 Å². The molecule has 2 saturated heterocycles. The molecule has 0 saturated carbocycles. The Balaban J connectivity index is 2.01. The van der Waals surface area contributed by atoms with Crippen LogP contribution in [0.4, 0.5) is 5.88 Å². The first-order valence-electron chi connectivity index (χ1n) is 6.20. The maximum atomic E-state index is 12.5. The molecule has 0 aromatic carbocycles. The largest absolute Gasteiger partial charge is 0.448 e. The number of hydrogen-bond donors (Lipinski definition) is 1. The molecular formula is C13H18N2O2. The van der Waals surface area contributed by atoms with E-state index in [0.717, 1.165) is 19.5 Å². The lowest BCUT2D eigenvalue weighted by Crippen LogP contribution is -2.45. The van der Waals surface area contributed by atoms with Crippen molar-refractivity contribution in [1.29, 1.82) is 0 Å². The molecule has 1 N–H and O–H groups in total. The lowest BCUT2D eigenvalue weighted by Gasteiger charge is -2.33. The molecule has 2 aliphatic rings. The molecule has 2 unspecified atom stereocenters. The van der Waals surface area contributed by atoms with E-state index in [2.05, 4.69) is 5.32 Å². The lowest BCUT2D eigenvalue weighted by molar-refractivity contribution is -0.125. The Morgan fingerprint density at radius 3 is 3.06 bits per heavy atom. The first-order chi connectivity index (χ1) is 8.12. The van der Waals surface area contributed by atoms with E-state index in [1.165, 1.54) is 0 Å². The number of carbonyl (C=O) groups excluding carboxylic acids is 1. The Morgan fingerprint density at radius 1 is 1.53 bits per heavy atom. The number of fused-ring (bicyclic) bond motifs is 1. The summed E-state index contributed by atoms with van der Waals surface area (Å²) in [6, 6.07) is 3.99. The Bertz CT molecular complexity index is 425. The zero-order valence-corrected chi connectivity index (χ0v) is 10.3. The van der Waals surface area contributed by atoms with Crippen molar-refractivity contribution in [3.05, 3.63) is 18.4 Å². The van der Waals surface area contributed by atoms with Gasteiger partial charge in [0.25, 0.3) is 0 Å². The average Bonchev–Trinajstić information content (AvgIpc) is 2.88. The monoisotopic (exact) mass is 234 g/mol. The van der Waals surface area contributed by atoms with Crippen molar-refractivity contribution in [3.8, 4) is 0 Å².